The number of halogens is 1. The number of hydrogen-bond donors (Lipinski definition) is 1. The molecule has 2 nitrogen and oxygen atoms in total. The van der Waals surface area contributed by atoms with Crippen molar-refractivity contribution in [2.75, 3.05) is 13.7 Å². The van der Waals surface area contributed by atoms with Gasteiger partial charge in [-0.05, 0) is 49.1 Å². The van der Waals surface area contributed by atoms with E-state index < -0.39 is 0 Å². The summed E-state index contributed by atoms with van der Waals surface area (Å²) < 4.78 is 5.15. The molecule has 0 heterocycles. The molecule has 21 heavy (non-hydrogen) atoms. The van der Waals surface area contributed by atoms with Gasteiger partial charge in [0.05, 0.1) is 12.1 Å². The van der Waals surface area contributed by atoms with Crippen molar-refractivity contribution in [2.24, 2.45) is 0 Å². The molecule has 2 rings (SSSR count). The minimum Gasteiger partial charge on any atom is -0.495 e. The maximum Gasteiger partial charge on any atom is 0.137 e. The Morgan fingerprint density at radius 1 is 1.00 bits per heavy atom. The van der Waals surface area contributed by atoms with Gasteiger partial charge in [0.2, 0.25) is 0 Å². The number of hydrogen-bond acceptors (Lipinski definition) is 2. The topological polar surface area (TPSA) is 21.3 Å². The first-order valence-electron chi connectivity index (χ1n) is 7.36. The predicted molar refractivity (Wildman–Crippen MR) is 89.1 cm³/mol. The van der Waals surface area contributed by atoms with Gasteiger partial charge in [-0.2, -0.15) is 0 Å². The highest BCUT2D eigenvalue weighted by atomic mass is 35.5. The van der Waals surface area contributed by atoms with E-state index in [-0.39, 0.29) is 0 Å². The SMILES string of the molecule is COc1ccc(CNCCCCc2ccccc2)cc1Cl. The van der Waals surface area contributed by atoms with Gasteiger partial charge < -0.3 is 10.1 Å². The monoisotopic (exact) mass is 303 g/mol. The lowest BCUT2D eigenvalue weighted by molar-refractivity contribution is 0.415. The molecule has 0 aliphatic carbocycles. The Balaban J connectivity index is 1.62. The van der Waals surface area contributed by atoms with Crippen LogP contribution in [-0.2, 0) is 13.0 Å². The molecule has 0 aliphatic rings. The number of aryl methyl sites for hydroxylation is 1. The lowest BCUT2D eigenvalue weighted by Gasteiger charge is -2.08. The average molecular weight is 304 g/mol. The molecule has 0 bridgehead atoms. The number of methoxy groups -OCH3 is 1. The molecule has 2 aromatic rings. The van der Waals surface area contributed by atoms with Gasteiger partial charge in [0.1, 0.15) is 5.75 Å². The van der Waals surface area contributed by atoms with Crippen LogP contribution in [0.15, 0.2) is 48.5 Å². The summed E-state index contributed by atoms with van der Waals surface area (Å²) in [5.74, 6) is 0.725. The molecule has 0 saturated carbocycles. The summed E-state index contributed by atoms with van der Waals surface area (Å²) in [6, 6.07) is 16.5. The molecule has 0 amide bonds. The first-order chi connectivity index (χ1) is 10.3. The van der Waals surface area contributed by atoms with Crippen molar-refractivity contribution < 1.29 is 4.74 Å². The Hall–Kier alpha value is -1.51. The molecule has 0 radical (unpaired) electrons. The summed E-state index contributed by atoms with van der Waals surface area (Å²) >= 11 is 6.11. The van der Waals surface area contributed by atoms with Gasteiger partial charge in [-0.15, -0.1) is 0 Å². The van der Waals surface area contributed by atoms with E-state index in [4.69, 9.17) is 16.3 Å². The molecule has 0 spiro atoms. The summed E-state index contributed by atoms with van der Waals surface area (Å²) in [6.45, 7) is 1.87. The summed E-state index contributed by atoms with van der Waals surface area (Å²) in [6.07, 6.45) is 3.54. The van der Waals surface area contributed by atoms with Crippen molar-refractivity contribution in [1.82, 2.24) is 5.32 Å². The molecule has 112 valence electrons. The van der Waals surface area contributed by atoms with Crippen LogP contribution in [0.25, 0.3) is 0 Å². The van der Waals surface area contributed by atoms with Gasteiger partial charge in [0, 0.05) is 6.54 Å². The van der Waals surface area contributed by atoms with Crippen LogP contribution in [0.5, 0.6) is 5.75 Å². The maximum atomic E-state index is 6.11. The van der Waals surface area contributed by atoms with Gasteiger partial charge in [0.15, 0.2) is 0 Å². The molecule has 3 heteroatoms. The van der Waals surface area contributed by atoms with E-state index in [2.05, 4.69) is 35.6 Å². The van der Waals surface area contributed by atoms with Crippen molar-refractivity contribution in [3.63, 3.8) is 0 Å². The van der Waals surface area contributed by atoms with Gasteiger partial charge in [-0.25, -0.2) is 0 Å². The molecule has 0 unspecified atom stereocenters. The summed E-state index contributed by atoms with van der Waals surface area (Å²) in [5, 5.41) is 4.12. The van der Waals surface area contributed by atoms with Crippen LogP contribution >= 0.6 is 11.6 Å². The Morgan fingerprint density at radius 3 is 2.52 bits per heavy atom. The molecular weight excluding hydrogens is 282 g/mol. The first-order valence-corrected chi connectivity index (χ1v) is 7.74. The molecule has 0 fully saturated rings. The molecule has 1 N–H and O–H groups in total. The third-order valence-electron chi connectivity index (χ3n) is 3.46. The van der Waals surface area contributed by atoms with E-state index in [9.17, 15) is 0 Å². The lowest BCUT2D eigenvalue weighted by Crippen LogP contribution is -2.14. The van der Waals surface area contributed by atoms with E-state index >= 15 is 0 Å². The largest absolute Gasteiger partial charge is 0.495 e. The van der Waals surface area contributed by atoms with Crippen LogP contribution < -0.4 is 10.1 Å². The highest BCUT2D eigenvalue weighted by Crippen LogP contribution is 2.24. The van der Waals surface area contributed by atoms with E-state index in [0.717, 1.165) is 25.3 Å². The van der Waals surface area contributed by atoms with Crippen molar-refractivity contribution in [3.05, 3.63) is 64.7 Å². The Labute approximate surface area is 132 Å². The van der Waals surface area contributed by atoms with Crippen LogP contribution in [-0.4, -0.2) is 13.7 Å². The predicted octanol–water partition coefficient (Wildman–Crippen LogP) is 4.46. The van der Waals surface area contributed by atoms with Crippen molar-refractivity contribution >= 4 is 11.6 Å². The minimum absolute atomic E-state index is 0.667. The minimum atomic E-state index is 0.667. The third-order valence-corrected chi connectivity index (χ3v) is 3.75. The van der Waals surface area contributed by atoms with Crippen molar-refractivity contribution in [1.29, 1.82) is 0 Å². The fourth-order valence-corrected chi connectivity index (χ4v) is 2.56. The zero-order valence-corrected chi connectivity index (χ0v) is 13.2. The number of nitrogens with one attached hydrogen (secondary N) is 1. The quantitative estimate of drug-likeness (QED) is 0.727. The van der Waals surface area contributed by atoms with Crippen molar-refractivity contribution in [3.8, 4) is 5.75 Å². The number of ether oxygens (including phenoxy) is 1. The highest BCUT2D eigenvalue weighted by molar-refractivity contribution is 6.32. The normalized spacial score (nSPS) is 10.6. The standard InChI is InChI=1S/C18H22ClNO/c1-21-18-11-10-16(13-17(18)19)14-20-12-6-5-9-15-7-3-2-4-8-15/h2-4,7-8,10-11,13,20H,5-6,9,12,14H2,1H3. The molecule has 0 aromatic heterocycles. The Morgan fingerprint density at radius 2 is 1.81 bits per heavy atom. The Bertz CT molecular complexity index is 542. The van der Waals surface area contributed by atoms with Gasteiger partial charge in [-0.1, -0.05) is 48.0 Å². The van der Waals surface area contributed by atoms with Crippen LogP contribution in [0.3, 0.4) is 0 Å². The Kier molecular flexibility index (Phi) is 6.58. The average Bonchev–Trinajstić information content (AvgIpc) is 2.52. The third kappa shape index (κ3) is 5.41. The summed E-state index contributed by atoms with van der Waals surface area (Å²) in [4.78, 5) is 0. The van der Waals surface area contributed by atoms with E-state index in [0.29, 0.717) is 5.02 Å². The lowest BCUT2D eigenvalue weighted by atomic mass is 10.1. The van der Waals surface area contributed by atoms with E-state index in [1.54, 1.807) is 7.11 Å². The second-order valence-corrected chi connectivity index (χ2v) is 5.50. The second kappa shape index (κ2) is 8.71. The summed E-state index contributed by atoms with van der Waals surface area (Å²) in [7, 11) is 1.63. The van der Waals surface area contributed by atoms with Gasteiger partial charge >= 0.3 is 0 Å². The zero-order chi connectivity index (χ0) is 14.9. The number of unbranched alkanes of at least 4 members (excludes halogenated alkanes) is 1. The number of benzene rings is 2. The van der Waals surface area contributed by atoms with E-state index in [1.807, 2.05) is 18.2 Å². The van der Waals surface area contributed by atoms with Gasteiger partial charge in [0.25, 0.3) is 0 Å². The van der Waals surface area contributed by atoms with E-state index in [1.165, 1.54) is 24.0 Å². The second-order valence-electron chi connectivity index (χ2n) is 5.09. The molecule has 0 aliphatic heterocycles. The maximum absolute atomic E-state index is 6.11. The molecule has 0 atom stereocenters. The van der Waals surface area contributed by atoms with Crippen molar-refractivity contribution in [2.45, 2.75) is 25.8 Å². The molecule has 0 saturated heterocycles. The fourth-order valence-electron chi connectivity index (χ4n) is 2.28. The highest BCUT2D eigenvalue weighted by Gasteiger charge is 2.01. The number of rotatable bonds is 8. The summed E-state index contributed by atoms with van der Waals surface area (Å²) in [5.41, 5.74) is 2.60. The smallest absolute Gasteiger partial charge is 0.137 e. The van der Waals surface area contributed by atoms with Crippen LogP contribution in [0, 0.1) is 0 Å². The van der Waals surface area contributed by atoms with Crippen LogP contribution in [0.1, 0.15) is 24.0 Å². The van der Waals surface area contributed by atoms with Crippen LogP contribution in [0.2, 0.25) is 5.02 Å². The zero-order valence-electron chi connectivity index (χ0n) is 12.4. The van der Waals surface area contributed by atoms with Crippen LogP contribution in [0.4, 0.5) is 0 Å². The van der Waals surface area contributed by atoms with Gasteiger partial charge in [-0.3, -0.25) is 0 Å². The fraction of sp³-hybridized carbons (Fsp3) is 0.333. The first kappa shape index (κ1) is 15.9. The molecular formula is C18H22ClNO. The molecule has 2 aromatic carbocycles.